The number of imidazole rings is 1. The van der Waals surface area contributed by atoms with Crippen LogP contribution in [0.25, 0.3) is 23.0 Å². The molecule has 7 nitrogen and oxygen atoms in total. The summed E-state index contributed by atoms with van der Waals surface area (Å²) in [5.74, 6) is 0.708. The third kappa shape index (κ3) is 3.59. The highest BCUT2D eigenvalue weighted by molar-refractivity contribution is 5.61. The van der Waals surface area contributed by atoms with Crippen molar-refractivity contribution in [3.63, 3.8) is 0 Å². The van der Waals surface area contributed by atoms with E-state index >= 15 is 0 Å². The fraction of sp³-hybridized carbons (Fsp3) is 0.158. The summed E-state index contributed by atoms with van der Waals surface area (Å²) in [6.45, 7) is 0.585. The van der Waals surface area contributed by atoms with E-state index in [0.717, 1.165) is 11.3 Å². The van der Waals surface area contributed by atoms with Crippen LogP contribution in [0.3, 0.4) is 0 Å². The number of nitrogens with zero attached hydrogens (tertiary/aromatic N) is 5. The minimum Gasteiger partial charge on any atom is -0.497 e. The molecule has 0 bridgehead atoms. The van der Waals surface area contributed by atoms with E-state index in [2.05, 4.69) is 20.2 Å². The summed E-state index contributed by atoms with van der Waals surface area (Å²) in [5, 5.41) is 7.03. The van der Waals surface area contributed by atoms with Gasteiger partial charge in [0.1, 0.15) is 11.4 Å². The van der Waals surface area contributed by atoms with E-state index in [1.54, 1.807) is 31.6 Å². The van der Waals surface area contributed by atoms with Crippen LogP contribution in [0.2, 0.25) is 0 Å². The highest BCUT2D eigenvalue weighted by atomic mass is 19.3. The van der Waals surface area contributed by atoms with Gasteiger partial charge in [-0.15, -0.1) is 10.2 Å². The monoisotopic (exact) mass is 383 g/mol. The maximum atomic E-state index is 12.7. The van der Waals surface area contributed by atoms with E-state index in [0.29, 0.717) is 23.6 Å². The highest BCUT2D eigenvalue weighted by Gasteiger charge is 2.18. The third-order valence-electron chi connectivity index (χ3n) is 4.09. The van der Waals surface area contributed by atoms with Gasteiger partial charge in [0.25, 0.3) is 5.89 Å². The van der Waals surface area contributed by atoms with Crippen molar-refractivity contribution < 1.29 is 17.9 Å². The van der Waals surface area contributed by atoms with Crippen LogP contribution in [0.15, 0.2) is 59.4 Å². The number of hydrogen-bond acceptors (Lipinski definition) is 6. The molecular weight excluding hydrogens is 368 g/mol. The van der Waals surface area contributed by atoms with Crippen LogP contribution in [-0.2, 0) is 6.54 Å². The molecule has 28 heavy (non-hydrogen) atoms. The topological polar surface area (TPSA) is 78.9 Å². The van der Waals surface area contributed by atoms with E-state index in [9.17, 15) is 8.78 Å². The van der Waals surface area contributed by atoms with Crippen LogP contribution in [0.1, 0.15) is 17.9 Å². The predicted octanol–water partition coefficient (Wildman–Crippen LogP) is 3.99. The Morgan fingerprint density at radius 3 is 2.61 bits per heavy atom. The Kier molecular flexibility index (Phi) is 4.79. The minimum atomic E-state index is -2.81. The van der Waals surface area contributed by atoms with Gasteiger partial charge in [-0.25, -0.2) is 4.98 Å². The molecular formula is C19H15F2N5O2. The SMILES string of the molecule is COc1ccc(Cn2ccnc2-c2cc(-c3nnc(C(F)F)o3)ccn2)cc1. The first-order chi connectivity index (χ1) is 13.6. The van der Waals surface area contributed by atoms with Crippen molar-refractivity contribution >= 4 is 0 Å². The molecule has 0 saturated heterocycles. The first kappa shape index (κ1) is 17.8. The zero-order chi connectivity index (χ0) is 19.5. The summed E-state index contributed by atoms with van der Waals surface area (Å²) >= 11 is 0. The number of halogens is 2. The molecule has 0 radical (unpaired) electrons. The summed E-state index contributed by atoms with van der Waals surface area (Å²) in [4.78, 5) is 8.71. The molecule has 0 aliphatic rings. The van der Waals surface area contributed by atoms with Crippen LogP contribution in [0.5, 0.6) is 5.75 Å². The lowest BCUT2D eigenvalue weighted by Gasteiger charge is -2.09. The minimum absolute atomic E-state index is 0.00668. The average molecular weight is 383 g/mol. The molecule has 0 fully saturated rings. The Bertz CT molecular complexity index is 1080. The Hall–Kier alpha value is -3.62. The quantitative estimate of drug-likeness (QED) is 0.501. The van der Waals surface area contributed by atoms with Crippen molar-refractivity contribution in [1.82, 2.24) is 24.7 Å². The molecule has 0 N–H and O–H groups in total. The van der Waals surface area contributed by atoms with E-state index in [1.165, 1.54) is 0 Å². The Morgan fingerprint density at radius 2 is 1.89 bits per heavy atom. The van der Waals surface area contributed by atoms with Crippen molar-refractivity contribution in [2.24, 2.45) is 0 Å². The summed E-state index contributed by atoms with van der Waals surface area (Å²) < 4.78 is 37.5. The van der Waals surface area contributed by atoms with Gasteiger partial charge in [0.05, 0.1) is 7.11 Å². The van der Waals surface area contributed by atoms with E-state index < -0.39 is 12.3 Å². The molecule has 0 aliphatic heterocycles. The number of ether oxygens (including phenoxy) is 1. The Morgan fingerprint density at radius 1 is 1.07 bits per heavy atom. The fourth-order valence-corrected chi connectivity index (χ4v) is 2.72. The first-order valence-corrected chi connectivity index (χ1v) is 8.36. The molecule has 4 aromatic rings. The molecule has 9 heteroatoms. The van der Waals surface area contributed by atoms with Gasteiger partial charge in [0.2, 0.25) is 5.89 Å². The molecule has 0 amide bonds. The smallest absolute Gasteiger partial charge is 0.314 e. The lowest BCUT2D eigenvalue weighted by Crippen LogP contribution is -2.02. The van der Waals surface area contributed by atoms with Crippen molar-refractivity contribution in [3.05, 3.63) is 66.4 Å². The summed E-state index contributed by atoms with van der Waals surface area (Å²) in [7, 11) is 1.62. The molecule has 142 valence electrons. The van der Waals surface area contributed by atoms with Gasteiger partial charge in [-0.2, -0.15) is 8.78 Å². The van der Waals surface area contributed by atoms with Gasteiger partial charge in [-0.1, -0.05) is 12.1 Å². The highest BCUT2D eigenvalue weighted by Crippen LogP contribution is 2.26. The largest absolute Gasteiger partial charge is 0.497 e. The number of benzene rings is 1. The van der Waals surface area contributed by atoms with Crippen LogP contribution in [0.4, 0.5) is 8.78 Å². The maximum absolute atomic E-state index is 12.7. The van der Waals surface area contributed by atoms with Gasteiger partial charge in [0.15, 0.2) is 5.82 Å². The number of hydrogen-bond donors (Lipinski definition) is 0. The van der Waals surface area contributed by atoms with Crippen molar-refractivity contribution in [1.29, 1.82) is 0 Å². The van der Waals surface area contributed by atoms with Gasteiger partial charge >= 0.3 is 6.43 Å². The second-order valence-electron chi connectivity index (χ2n) is 5.90. The standard InChI is InChI=1S/C19H15F2N5O2/c1-27-14-4-2-12(3-5-14)11-26-9-8-23-17(26)15-10-13(6-7-22-15)18-24-25-19(28-18)16(20)21/h2-10,16H,11H2,1H3. The first-order valence-electron chi connectivity index (χ1n) is 8.36. The number of methoxy groups -OCH3 is 1. The third-order valence-corrected chi connectivity index (χ3v) is 4.09. The van der Waals surface area contributed by atoms with Crippen LogP contribution < -0.4 is 4.74 Å². The molecule has 0 atom stereocenters. The average Bonchev–Trinajstić information content (AvgIpc) is 3.39. The van der Waals surface area contributed by atoms with Crippen LogP contribution in [-0.4, -0.2) is 31.8 Å². The van der Waals surface area contributed by atoms with Crippen molar-refractivity contribution in [2.45, 2.75) is 13.0 Å². The van der Waals surface area contributed by atoms with Gasteiger partial charge in [0, 0.05) is 30.7 Å². The molecule has 0 saturated carbocycles. The second-order valence-corrected chi connectivity index (χ2v) is 5.90. The van der Waals surface area contributed by atoms with E-state index in [-0.39, 0.29) is 5.89 Å². The van der Waals surface area contributed by atoms with Crippen LogP contribution in [0, 0.1) is 0 Å². The molecule has 0 unspecified atom stereocenters. The van der Waals surface area contributed by atoms with Crippen LogP contribution >= 0.6 is 0 Å². The lowest BCUT2D eigenvalue weighted by atomic mass is 10.2. The lowest BCUT2D eigenvalue weighted by molar-refractivity contribution is 0.116. The van der Waals surface area contributed by atoms with Gasteiger partial charge < -0.3 is 13.7 Å². The number of alkyl halides is 2. The van der Waals surface area contributed by atoms with E-state index in [4.69, 9.17) is 9.15 Å². The Labute approximate surface area is 158 Å². The zero-order valence-electron chi connectivity index (χ0n) is 14.8. The van der Waals surface area contributed by atoms with Gasteiger partial charge in [-0.3, -0.25) is 4.98 Å². The zero-order valence-corrected chi connectivity index (χ0v) is 14.8. The van der Waals surface area contributed by atoms with Crippen molar-refractivity contribution in [3.8, 4) is 28.7 Å². The molecule has 3 aromatic heterocycles. The number of aromatic nitrogens is 5. The molecule has 3 heterocycles. The Balaban J connectivity index is 1.62. The second kappa shape index (κ2) is 7.55. The molecule has 4 rings (SSSR count). The van der Waals surface area contributed by atoms with Gasteiger partial charge in [-0.05, 0) is 29.8 Å². The molecule has 1 aromatic carbocycles. The summed E-state index contributed by atoms with van der Waals surface area (Å²) in [6.07, 6.45) is 2.25. The number of pyridine rings is 1. The maximum Gasteiger partial charge on any atom is 0.314 e. The fourth-order valence-electron chi connectivity index (χ4n) is 2.72. The van der Waals surface area contributed by atoms with E-state index in [1.807, 2.05) is 35.0 Å². The predicted molar refractivity (Wildman–Crippen MR) is 95.8 cm³/mol. The normalized spacial score (nSPS) is 11.1. The number of rotatable bonds is 6. The molecule has 0 spiro atoms. The summed E-state index contributed by atoms with van der Waals surface area (Å²) in [5.41, 5.74) is 2.12. The molecule has 0 aliphatic carbocycles. The summed E-state index contributed by atoms with van der Waals surface area (Å²) in [6, 6.07) is 11.0. The van der Waals surface area contributed by atoms with Crippen molar-refractivity contribution in [2.75, 3.05) is 7.11 Å².